The second-order valence-electron chi connectivity index (χ2n) is 1.81. The highest BCUT2D eigenvalue weighted by atomic mass is 32.1. The number of ether oxygens (including phenoxy) is 2. The van der Waals surface area contributed by atoms with Crippen molar-refractivity contribution in [1.82, 2.24) is 0 Å². The van der Waals surface area contributed by atoms with Crippen LogP contribution >= 0.6 is 12.2 Å². The van der Waals surface area contributed by atoms with E-state index in [2.05, 4.69) is 0 Å². The molecule has 0 saturated carbocycles. The molecule has 0 bridgehead atoms. The summed E-state index contributed by atoms with van der Waals surface area (Å²) in [6, 6.07) is 0. The number of carbonyl (C=O) groups excluding carboxylic acids is 1. The van der Waals surface area contributed by atoms with E-state index in [4.69, 9.17) is 21.7 Å². The highest BCUT2D eigenvalue weighted by Crippen LogP contribution is 2.00. The lowest BCUT2D eigenvalue weighted by Crippen LogP contribution is -2.05. The normalized spacial score (nSPS) is 10.6. The summed E-state index contributed by atoms with van der Waals surface area (Å²) in [4.78, 5) is 10.6. The zero-order valence-electron chi connectivity index (χ0n) is 6.71. The quantitative estimate of drug-likeness (QED) is 0.364. The third-order valence-electron chi connectivity index (χ3n) is 0.941. The van der Waals surface area contributed by atoms with Gasteiger partial charge in [0.15, 0.2) is 11.5 Å². The molecule has 0 atom stereocenters. The maximum atomic E-state index is 10.6. The summed E-state index contributed by atoms with van der Waals surface area (Å²) >= 11 is 4.73. The van der Waals surface area contributed by atoms with Crippen molar-refractivity contribution in [2.45, 2.75) is 6.92 Å². The second kappa shape index (κ2) is 4.85. The third-order valence-corrected chi connectivity index (χ3v) is 1.31. The summed E-state index contributed by atoms with van der Waals surface area (Å²) in [5.41, 5.74) is 0. The zero-order valence-corrected chi connectivity index (χ0v) is 7.53. The first-order chi connectivity index (χ1) is 5.11. The third kappa shape index (κ3) is 3.72. The van der Waals surface area contributed by atoms with Crippen LogP contribution in [0.1, 0.15) is 6.92 Å². The summed E-state index contributed by atoms with van der Waals surface area (Å²) in [7, 11) is 2.86. The van der Waals surface area contributed by atoms with E-state index in [1.165, 1.54) is 27.2 Å². The van der Waals surface area contributed by atoms with E-state index in [1.807, 2.05) is 0 Å². The smallest absolute Gasteiger partial charge is 0.226 e. The molecular weight excluding hydrogens is 164 g/mol. The number of thiocarbonyl (C=S) groups is 1. The lowest BCUT2D eigenvalue weighted by Gasteiger charge is -2.04. The predicted molar refractivity (Wildman–Crippen MR) is 45.4 cm³/mol. The van der Waals surface area contributed by atoms with Crippen molar-refractivity contribution in [1.29, 1.82) is 0 Å². The summed E-state index contributed by atoms with van der Waals surface area (Å²) in [6.45, 7) is 1.41. The van der Waals surface area contributed by atoms with E-state index in [1.54, 1.807) is 0 Å². The zero-order chi connectivity index (χ0) is 8.85. The Hall–Kier alpha value is -0.900. The van der Waals surface area contributed by atoms with E-state index in [-0.39, 0.29) is 16.6 Å². The van der Waals surface area contributed by atoms with Gasteiger partial charge < -0.3 is 9.47 Å². The molecule has 0 aromatic heterocycles. The fourth-order valence-electron chi connectivity index (χ4n) is 0.486. The van der Waals surface area contributed by atoms with Crippen LogP contribution in [-0.4, -0.2) is 25.1 Å². The Morgan fingerprint density at radius 2 is 1.91 bits per heavy atom. The van der Waals surface area contributed by atoms with Crippen molar-refractivity contribution in [3.63, 3.8) is 0 Å². The summed E-state index contributed by atoms with van der Waals surface area (Å²) < 4.78 is 9.48. The molecule has 0 saturated heterocycles. The monoisotopic (exact) mass is 174 g/mol. The van der Waals surface area contributed by atoms with Gasteiger partial charge in [0.25, 0.3) is 0 Å². The summed E-state index contributed by atoms with van der Waals surface area (Å²) in [6.07, 6.45) is 1.28. The van der Waals surface area contributed by atoms with Crippen LogP contribution in [0, 0.1) is 0 Å². The minimum Gasteiger partial charge on any atom is -0.492 e. The van der Waals surface area contributed by atoms with Crippen LogP contribution in [0.3, 0.4) is 0 Å². The van der Waals surface area contributed by atoms with Gasteiger partial charge in [-0.05, 0) is 19.1 Å². The Morgan fingerprint density at radius 3 is 2.18 bits per heavy atom. The van der Waals surface area contributed by atoms with Gasteiger partial charge in [-0.2, -0.15) is 0 Å². The van der Waals surface area contributed by atoms with Crippen LogP contribution in [-0.2, 0) is 14.3 Å². The van der Waals surface area contributed by atoms with E-state index < -0.39 is 0 Å². The number of rotatable bonds is 3. The lowest BCUT2D eigenvalue weighted by molar-refractivity contribution is -0.112. The van der Waals surface area contributed by atoms with Crippen molar-refractivity contribution in [3.8, 4) is 0 Å². The van der Waals surface area contributed by atoms with Crippen LogP contribution in [0.4, 0.5) is 0 Å². The number of allylic oxidation sites excluding steroid dienone is 1. The van der Waals surface area contributed by atoms with Crippen molar-refractivity contribution < 1.29 is 14.3 Å². The topological polar surface area (TPSA) is 35.5 Å². The molecular formula is C7H10O3S. The molecule has 0 heterocycles. The Balaban J connectivity index is 4.39. The number of hydrogen-bond acceptors (Lipinski definition) is 4. The minimum atomic E-state index is -0.124. The molecule has 0 N–H and O–H groups in total. The minimum absolute atomic E-state index is 0.124. The molecule has 0 radical (unpaired) electrons. The van der Waals surface area contributed by atoms with Crippen molar-refractivity contribution in [2.75, 3.05) is 14.2 Å². The second-order valence-corrected chi connectivity index (χ2v) is 2.19. The molecule has 0 aliphatic carbocycles. The maximum absolute atomic E-state index is 10.6. The van der Waals surface area contributed by atoms with Gasteiger partial charge in [0.2, 0.25) is 5.05 Å². The molecule has 0 aliphatic rings. The summed E-state index contributed by atoms with van der Waals surface area (Å²) in [5, 5.41) is 0.183. The molecule has 62 valence electrons. The largest absolute Gasteiger partial charge is 0.492 e. The SMILES string of the molecule is COC(=S)/C(=C/C(C)=O)OC. The molecule has 4 heteroatoms. The molecule has 0 aromatic rings. The molecule has 0 aliphatic heterocycles. The predicted octanol–water partition coefficient (Wildman–Crippen LogP) is 1.08. The van der Waals surface area contributed by atoms with E-state index in [0.29, 0.717) is 0 Å². The van der Waals surface area contributed by atoms with Crippen LogP contribution in [0.2, 0.25) is 0 Å². The molecule has 0 rings (SSSR count). The molecule has 0 spiro atoms. The Kier molecular flexibility index (Phi) is 4.45. The first kappa shape index (κ1) is 10.1. The van der Waals surface area contributed by atoms with Gasteiger partial charge in [-0.15, -0.1) is 0 Å². The fraction of sp³-hybridized carbons (Fsp3) is 0.429. The first-order valence-corrected chi connectivity index (χ1v) is 3.37. The van der Waals surface area contributed by atoms with Crippen molar-refractivity contribution >= 4 is 23.1 Å². The van der Waals surface area contributed by atoms with Crippen LogP contribution < -0.4 is 0 Å². The number of methoxy groups -OCH3 is 2. The molecule has 0 unspecified atom stereocenters. The standard InChI is InChI=1S/C7H10O3S/c1-5(8)4-6(9-2)7(11)10-3/h4H,1-3H3/b6-4-. The molecule has 0 amide bonds. The first-order valence-electron chi connectivity index (χ1n) is 2.96. The molecule has 3 nitrogen and oxygen atoms in total. The van der Waals surface area contributed by atoms with Gasteiger partial charge in [0.05, 0.1) is 14.2 Å². The van der Waals surface area contributed by atoms with Crippen LogP contribution in [0.25, 0.3) is 0 Å². The lowest BCUT2D eigenvalue weighted by atomic mass is 10.3. The van der Waals surface area contributed by atoms with Crippen LogP contribution in [0.15, 0.2) is 11.8 Å². The Morgan fingerprint density at radius 1 is 1.36 bits per heavy atom. The average molecular weight is 174 g/mol. The fourth-order valence-corrected chi connectivity index (χ4v) is 0.629. The van der Waals surface area contributed by atoms with E-state index in [0.717, 1.165) is 0 Å². The molecule has 0 aromatic carbocycles. The van der Waals surface area contributed by atoms with Crippen LogP contribution in [0.5, 0.6) is 0 Å². The van der Waals surface area contributed by atoms with Crippen molar-refractivity contribution in [2.24, 2.45) is 0 Å². The maximum Gasteiger partial charge on any atom is 0.226 e. The Bertz CT molecular complexity index is 196. The Labute approximate surface area is 71.0 Å². The number of carbonyl (C=O) groups is 1. The molecule has 0 fully saturated rings. The number of ketones is 1. The van der Waals surface area contributed by atoms with E-state index in [9.17, 15) is 4.79 Å². The van der Waals surface area contributed by atoms with Gasteiger partial charge in [0, 0.05) is 6.08 Å². The van der Waals surface area contributed by atoms with Crippen molar-refractivity contribution in [3.05, 3.63) is 11.8 Å². The van der Waals surface area contributed by atoms with Gasteiger partial charge in [0.1, 0.15) is 0 Å². The highest BCUT2D eigenvalue weighted by molar-refractivity contribution is 7.80. The number of hydrogen-bond donors (Lipinski definition) is 0. The van der Waals surface area contributed by atoms with Gasteiger partial charge in [-0.3, -0.25) is 4.79 Å². The summed E-state index contributed by atoms with van der Waals surface area (Å²) in [5.74, 6) is 0.163. The van der Waals surface area contributed by atoms with E-state index >= 15 is 0 Å². The van der Waals surface area contributed by atoms with Gasteiger partial charge in [-0.25, -0.2) is 0 Å². The van der Waals surface area contributed by atoms with Gasteiger partial charge >= 0.3 is 0 Å². The average Bonchev–Trinajstić information content (AvgIpc) is 1.98. The highest BCUT2D eigenvalue weighted by Gasteiger charge is 2.04. The molecule has 11 heavy (non-hydrogen) atoms. The van der Waals surface area contributed by atoms with Gasteiger partial charge in [-0.1, -0.05) is 0 Å².